The van der Waals surface area contributed by atoms with E-state index >= 15 is 0 Å². The van der Waals surface area contributed by atoms with Crippen LogP contribution in [0, 0.1) is 11.3 Å². The average molecular weight is 430 g/mol. The SMILES string of the molecule is C=C(/C=C(\C(C#N)=C/C)c1ccc(Cl)cc1)NCc1ccc(OS(N)(=O)=O)cc1. The van der Waals surface area contributed by atoms with Crippen LogP contribution in [0.4, 0.5) is 0 Å². The first-order valence-corrected chi connectivity index (χ1v) is 10.3. The van der Waals surface area contributed by atoms with Gasteiger partial charge in [-0.1, -0.05) is 48.5 Å². The lowest BCUT2D eigenvalue weighted by Crippen LogP contribution is -2.19. The summed E-state index contributed by atoms with van der Waals surface area (Å²) in [6.07, 6.45) is 3.53. The van der Waals surface area contributed by atoms with E-state index in [1.165, 1.54) is 12.1 Å². The van der Waals surface area contributed by atoms with Crippen molar-refractivity contribution in [1.82, 2.24) is 5.32 Å². The lowest BCUT2D eigenvalue weighted by atomic mass is 9.97. The summed E-state index contributed by atoms with van der Waals surface area (Å²) in [6.45, 7) is 6.24. The molecule has 0 atom stereocenters. The summed E-state index contributed by atoms with van der Waals surface area (Å²) in [4.78, 5) is 0. The molecule has 2 rings (SSSR count). The van der Waals surface area contributed by atoms with Crippen molar-refractivity contribution in [3.05, 3.63) is 94.7 Å². The summed E-state index contributed by atoms with van der Waals surface area (Å²) in [7, 11) is -4.05. The number of halogens is 1. The molecule has 0 radical (unpaired) electrons. The van der Waals surface area contributed by atoms with Crippen LogP contribution in [0.3, 0.4) is 0 Å². The Hall–Kier alpha value is -3.05. The molecule has 29 heavy (non-hydrogen) atoms. The maximum absolute atomic E-state index is 10.9. The summed E-state index contributed by atoms with van der Waals surface area (Å²) >= 11 is 5.96. The van der Waals surface area contributed by atoms with E-state index < -0.39 is 10.3 Å². The Morgan fingerprint density at radius 2 is 1.86 bits per heavy atom. The zero-order valence-electron chi connectivity index (χ0n) is 15.7. The van der Waals surface area contributed by atoms with E-state index in [9.17, 15) is 13.7 Å². The maximum atomic E-state index is 10.9. The van der Waals surface area contributed by atoms with Crippen LogP contribution in [-0.4, -0.2) is 8.42 Å². The standard InChI is InChI=1S/C21H20ClN3O3S/c1-3-17(13-23)21(18-6-8-19(22)9-7-18)12-15(2)25-14-16-4-10-20(11-5-16)28-29(24,26)27/h3-12,25H,2,14H2,1H3,(H2,24,26,27)/b17-3-,21-12+. The molecule has 0 saturated carbocycles. The summed E-state index contributed by atoms with van der Waals surface area (Å²) in [5.74, 6) is 0.131. The van der Waals surface area contributed by atoms with Gasteiger partial charge in [0.2, 0.25) is 0 Å². The maximum Gasteiger partial charge on any atom is 0.380 e. The Labute approximate surface area is 175 Å². The third-order valence-corrected chi connectivity index (χ3v) is 4.51. The normalized spacial score (nSPS) is 12.2. The minimum absolute atomic E-state index is 0.131. The fraction of sp³-hybridized carbons (Fsp3) is 0.0952. The fourth-order valence-corrected chi connectivity index (χ4v) is 2.97. The van der Waals surface area contributed by atoms with Gasteiger partial charge in [0.15, 0.2) is 0 Å². The van der Waals surface area contributed by atoms with E-state index in [0.29, 0.717) is 22.8 Å². The highest BCUT2D eigenvalue weighted by molar-refractivity contribution is 7.84. The minimum atomic E-state index is -4.05. The summed E-state index contributed by atoms with van der Waals surface area (Å²) < 4.78 is 26.5. The third-order valence-electron chi connectivity index (χ3n) is 3.83. The van der Waals surface area contributed by atoms with Crippen molar-refractivity contribution in [2.24, 2.45) is 5.14 Å². The highest BCUT2D eigenvalue weighted by Gasteiger charge is 2.08. The van der Waals surface area contributed by atoms with E-state index in [1.807, 2.05) is 12.1 Å². The predicted octanol–water partition coefficient (Wildman–Crippen LogP) is 4.08. The van der Waals surface area contributed by atoms with Gasteiger partial charge in [0, 0.05) is 22.8 Å². The molecular formula is C21H20ClN3O3S. The molecule has 0 bridgehead atoms. The summed E-state index contributed by atoms with van der Waals surface area (Å²) in [6, 6.07) is 15.8. The molecule has 6 nitrogen and oxygen atoms in total. The van der Waals surface area contributed by atoms with Crippen LogP contribution < -0.4 is 14.6 Å². The molecule has 0 aliphatic carbocycles. The van der Waals surface area contributed by atoms with Crippen LogP contribution in [0.25, 0.3) is 5.57 Å². The average Bonchev–Trinajstić information content (AvgIpc) is 2.67. The molecule has 0 heterocycles. The number of allylic oxidation sites excluding steroid dienone is 4. The molecule has 2 aromatic rings. The van der Waals surface area contributed by atoms with E-state index in [2.05, 4.69) is 22.1 Å². The van der Waals surface area contributed by atoms with Gasteiger partial charge in [0.05, 0.1) is 11.6 Å². The second kappa shape index (κ2) is 9.94. The number of benzene rings is 2. The number of rotatable bonds is 8. The van der Waals surface area contributed by atoms with E-state index in [1.54, 1.807) is 43.3 Å². The molecule has 150 valence electrons. The van der Waals surface area contributed by atoms with Crippen molar-refractivity contribution in [2.45, 2.75) is 13.5 Å². The zero-order valence-corrected chi connectivity index (χ0v) is 17.3. The first-order chi connectivity index (χ1) is 13.7. The number of nitrogens with one attached hydrogen (secondary N) is 1. The molecular weight excluding hydrogens is 410 g/mol. The highest BCUT2D eigenvalue weighted by atomic mass is 35.5. The quantitative estimate of drug-likeness (QED) is 0.485. The van der Waals surface area contributed by atoms with E-state index in [-0.39, 0.29) is 5.75 Å². The highest BCUT2D eigenvalue weighted by Crippen LogP contribution is 2.25. The van der Waals surface area contributed by atoms with Crippen molar-refractivity contribution >= 4 is 27.5 Å². The van der Waals surface area contributed by atoms with Gasteiger partial charge in [-0.2, -0.15) is 18.8 Å². The van der Waals surface area contributed by atoms with Gasteiger partial charge in [0.1, 0.15) is 5.75 Å². The number of nitriles is 1. The summed E-state index contributed by atoms with van der Waals surface area (Å²) in [5.41, 5.74) is 3.56. The largest absolute Gasteiger partial charge is 0.381 e. The van der Waals surface area contributed by atoms with Gasteiger partial charge < -0.3 is 9.50 Å². The molecule has 0 aliphatic heterocycles. The number of hydrogen-bond acceptors (Lipinski definition) is 5. The van der Waals surface area contributed by atoms with Crippen LogP contribution in [0.1, 0.15) is 18.1 Å². The number of nitrogens with two attached hydrogens (primary N) is 1. The Morgan fingerprint density at radius 1 is 1.24 bits per heavy atom. The lowest BCUT2D eigenvalue weighted by Gasteiger charge is -2.11. The van der Waals surface area contributed by atoms with Crippen LogP contribution in [0.2, 0.25) is 5.02 Å². The first-order valence-electron chi connectivity index (χ1n) is 8.50. The first kappa shape index (κ1) is 22.2. The van der Waals surface area contributed by atoms with Crippen molar-refractivity contribution < 1.29 is 12.6 Å². The molecule has 0 amide bonds. The van der Waals surface area contributed by atoms with Crippen molar-refractivity contribution in [2.75, 3.05) is 0 Å². The second-order valence-corrected chi connectivity index (χ2v) is 7.57. The Morgan fingerprint density at radius 3 is 2.38 bits per heavy atom. The second-order valence-electron chi connectivity index (χ2n) is 5.98. The monoisotopic (exact) mass is 429 g/mol. The molecule has 8 heteroatoms. The molecule has 0 fully saturated rings. The van der Waals surface area contributed by atoms with Gasteiger partial charge in [0.25, 0.3) is 0 Å². The molecule has 0 aliphatic rings. The van der Waals surface area contributed by atoms with Gasteiger partial charge in [-0.05, 0) is 48.4 Å². The van der Waals surface area contributed by atoms with Gasteiger partial charge in [-0.15, -0.1) is 0 Å². The molecule has 0 unspecified atom stereocenters. The minimum Gasteiger partial charge on any atom is -0.381 e. The predicted molar refractivity (Wildman–Crippen MR) is 115 cm³/mol. The van der Waals surface area contributed by atoms with Gasteiger partial charge >= 0.3 is 10.3 Å². The molecule has 3 N–H and O–H groups in total. The van der Waals surface area contributed by atoms with Gasteiger partial charge in [-0.3, -0.25) is 0 Å². The van der Waals surface area contributed by atoms with Crippen molar-refractivity contribution in [3.63, 3.8) is 0 Å². The number of nitrogens with zero attached hydrogens (tertiary/aromatic N) is 1. The topological polar surface area (TPSA) is 105 Å². The fourth-order valence-electron chi connectivity index (χ4n) is 2.46. The van der Waals surface area contributed by atoms with Crippen molar-refractivity contribution in [1.29, 1.82) is 5.26 Å². The Kier molecular flexibility index (Phi) is 7.62. The molecule has 0 spiro atoms. The third kappa shape index (κ3) is 7.12. The smallest absolute Gasteiger partial charge is 0.380 e. The van der Waals surface area contributed by atoms with Gasteiger partial charge in [-0.25, -0.2) is 0 Å². The van der Waals surface area contributed by atoms with E-state index in [0.717, 1.165) is 16.7 Å². The summed E-state index contributed by atoms with van der Waals surface area (Å²) in [5, 5.41) is 18.1. The molecule has 0 aromatic heterocycles. The van der Waals surface area contributed by atoms with Crippen LogP contribution in [0.15, 0.2) is 78.5 Å². The zero-order chi connectivity index (χ0) is 21.4. The Bertz CT molecular complexity index is 1080. The molecule has 2 aromatic carbocycles. The number of hydrogen-bond donors (Lipinski definition) is 2. The van der Waals surface area contributed by atoms with Crippen LogP contribution in [-0.2, 0) is 16.8 Å². The Balaban J connectivity index is 2.13. The molecule has 0 saturated heterocycles. The van der Waals surface area contributed by atoms with Crippen molar-refractivity contribution in [3.8, 4) is 11.8 Å². The van der Waals surface area contributed by atoms with Crippen LogP contribution >= 0.6 is 11.6 Å². The van der Waals surface area contributed by atoms with E-state index in [4.69, 9.17) is 16.7 Å². The van der Waals surface area contributed by atoms with Crippen LogP contribution in [0.5, 0.6) is 5.75 Å². The lowest BCUT2D eigenvalue weighted by molar-refractivity contribution is 0.487.